The Morgan fingerprint density at radius 1 is 1.26 bits per heavy atom. The van der Waals surface area contributed by atoms with Gasteiger partial charge in [0.2, 0.25) is 0 Å². The average Bonchev–Trinajstić information content (AvgIpc) is 3.59. The van der Waals surface area contributed by atoms with Crippen molar-refractivity contribution in [1.82, 2.24) is 9.88 Å². The zero-order valence-corrected chi connectivity index (χ0v) is 21.2. The molecule has 1 amide bonds. The molecule has 0 radical (unpaired) electrons. The van der Waals surface area contributed by atoms with E-state index in [9.17, 15) is 4.79 Å². The van der Waals surface area contributed by atoms with Crippen LogP contribution < -0.4 is 15.8 Å². The summed E-state index contributed by atoms with van der Waals surface area (Å²) in [5.74, 6) is 0.834. The molecule has 1 unspecified atom stereocenters. The molecule has 0 spiro atoms. The molecular weight excluding hydrogens is 460 g/mol. The molecule has 0 saturated carbocycles. The number of ether oxygens (including phenoxy) is 2. The second-order valence-corrected chi connectivity index (χ2v) is 10.5. The van der Waals surface area contributed by atoms with Crippen LogP contribution in [0, 0.1) is 0 Å². The van der Waals surface area contributed by atoms with Crippen molar-refractivity contribution < 1.29 is 14.3 Å². The first-order valence-electron chi connectivity index (χ1n) is 12.2. The topological polar surface area (TPSA) is 89.7 Å². The molecule has 7 nitrogen and oxygen atoms in total. The van der Waals surface area contributed by atoms with Crippen LogP contribution in [0.4, 0.5) is 10.5 Å². The van der Waals surface area contributed by atoms with Gasteiger partial charge in [0, 0.05) is 37.9 Å². The summed E-state index contributed by atoms with van der Waals surface area (Å²) in [6, 6.07) is 12.4. The van der Waals surface area contributed by atoms with Crippen molar-refractivity contribution in [3.63, 3.8) is 0 Å². The number of benzene rings is 2. The predicted octanol–water partition coefficient (Wildman–Crippen LogP) is 5.46. The molecule has 2 heterocycles. The van der Waals surface area contributed by atoms with Gasteiger partial charge in [-0.05, 0) is 68.0 Å². The van der Waals surface area contributed by atoms with E-state index in [0.29, 0.717) is 13.1 Å². The zero-order valence-electron chi connectivity index (χ0n) is 20.4. The van der Waals surface area contributed by atoms with E-state index in [-0.39, 0.29) is 24.3 Å². The summed E-state index contributed by atoms with van der Waals surface area (Å²) in [7, 11) is 1.90. The molecule has 3 N–H and O–H groups in total. The fraction of sp³-hybridized carbons (Fsp3) is 0.407. The molecule has 2 aromatic carbocycles. The third kappa shape index (κ3) is 4.86. The number of carbonyl (C=O) groups is 1. The lowest BCUT2D eigenvalue weighted by atomic mass is 10.0. The molecular formula is C27H32N4O3S. The van der Waals surface area contributed by atoms with Crippen LogP contribution in [0.3, 0.4) is 0 Å². The summed E-state index contributed by atoms with van der Waals surface area (Å²) in [5.41, 5.74) is 11.5. The number of likely N-dealkylation sites (tertiary alicyclic amines) is 1. The highest BCUT2D eigenvalue weighted by molar-refractivity contribution is 7.18. The molecule has 1 aromatic heterocycles. The van der Waals surface area contributed by atoms with Gasteiger partial charge in [-0.25, -0.2) is 9.78 Å². The highest BCUT2D eigenvalue weighted by atomic mass is 32.1. The largest absolute Gasteiger partial charge is 0.489 e. The van der Waals surface area contributed by atoms with Crippen LogP contribution >= 0.6 is 11.3 Å². The zero-order chi connectivity index (χ0) is 24.5. The first-order valence-corrected chi connectivity index (χ1v) is 13.0. The monoisotopic (exact) mass is 492 g/mol. The summed E-state index contributed by atoms with van der Waals surface area (Å²) >= 11 is 1.67. The van der Waals surface area contributed by atoms with Gasteiger partial charge in [0.05, 0.1) is 16.7 Å². The lowest BCUT2D eigenvalue weighted by Gasteiger charge is -2.20. The van der Waals surface area contributed by atoms with Crippen LogP contribution in [0.15, 0.2) is 42.6 Å². The second kappa shape index (κ2) is 9.87. The fourth-order valence-corrected chi connectivity index (χ4v) is 5.83. The maximum Gasteiger partial charge on any atom is 0.410 e. The van der Waals surface area contributed by atoms with Gasteiger partial charge in [-0.1, -0.05) is 18.2 Å². The van der Waals surface area contributed by atoms with Gasteiger partial charge < -0.3 is 25.4 Å². The quantitative estimate of drug-likeness (QED) is 0.475. The van der Waals surface area contributed by atoms with Gasteiger partial charge in [0.1, 0.15) is 16.9 Å². The van der Waals surface area contributed by atoms with E-state index in [1.165, 1.54) is 11.1 Å². The Balaban J connectivity index is 1.37. The van der Waals surface area contributed by atoms with Crippen molar-refractivity contribution in [2.75, 3.05) is 25.5 Å². The van der Waals surface area contributed by atoms with Crippen molar-refractivity contribution >= 4 is 23.1 Å². The molecule has 0 bridgehead atoms. The van der Waals surface area contributed by atoms with E-state index in [1.807, 2.05) is 39.2 Å². The molecule has 8 heteroatoms. The van der Waals surface area contributed by atoms with Crippen LogP contribution in [0.2, 0.25) is 0 Å². The van der Waals surface area contributed by atoms with E-state index < -0.39 is 0 Å². The van der Waals surface area contributed by atoms with Crippen molar-refractivity contribution in [2.24, 2.45) is 5.73 Å². The van der Waals surface area contributed by atoms with Gasteiger partial charge in [0.15, 0.2) is 0 Å². The van der Waals surface area contributed by atoms with Gasteiger partial charge in [-0.3, -0.25) is 0 Å². The number of nitrogens with one attached hydrogen (secondary N) is 1. The number of fused-ring (bicyclic) bond motifs is 1. The van der Waals surface area contributed by atoms with Crippen LogP contribution in [0.5, 0.6) is 5.75 Å². The van der Waals surface area contributed by atoms with Gasteiger partial charge in [-0.2, -0.15) is 0 Å². The third-order valence-electron chi connectivity index (χ3n) is 6.57. The Labute approximate surface area is 210 Å². The Bertz CT molecular complexity index is 1220. The predicted molar refractivity (Wildman–Crippen MR) is 140 cm³/mol. The first kappa shape index (κ1) is 23.6. The minimum Gasteiger partial charge on any atom is -0.489 e. The van der Waals surface area contributed by atoms with E-state index in [4.69, 9.17) is 20.2 Å². The Morgan fingerprint density at radius 3 is 2.86 bits per heavy atom. The maximum absolute atomic E-state index is 12.6. The third-order valence-corrected chi connectivity index (χ3v) is 7.65. The number of nitrogens with zero attached hydrogens (tertiary/aromatic N) is 2. The van der Waals surface area contributed by atoms with E-state index in [0.717, 1.165) is 51.7 Å². The molecule has 1 saturated heterocycles. The number of aromatic nitrogens is 1. The van der Waals surface area contributed by atoms with Crippen LogP contribution in [0.25, 0.3) is 21.0 Å². The van der Waals surface area contributed by atoms with E-state index >= 15 is 0 Å². The Morgan fingerprint density at radius 2 is 2.11 bits per heavy atom. The maximum atomic E-state index is 12.6. The van der Waals surface area contributed by atoms with Crippen LogP contribution in [-0.4, -0.2) is 48.3 Å². The summed E-state index contributed by atoms with van der Waals surface area (Å²) < 4.78 is 11.8. The Kier molecular flexibility index (Phi) is 6.67. The molecule has 1 aliphatic carbocycles. The van der Waals surface area contributed by atoms with Crippen LogP contribution in [0.1, 0.15) is 43.9 Å². The summed E-state index contributed by atoms with van der Waals surface area (Å²) in [5, 5.41) is 4.18. The standard InChI is InChI=1S/C27H32N4O3S/c1-16(2)33-24-9-7-17(13-22(24)29-3)26-30-14-25(35-26)21-6-4-5-20-19(21)8-10-23(20)34-27(32)31-12-11-18(28)15-31/h4-7,9,13-14,16,18,23,29H,8,10-12,15,28H2,1-3H3/t18-,23?/m0/s1. The highest BCUT2D eigenvalue weighted by Crippen LogP contribution is 2.43. The lowest BCUT2D eigenvalue weighted by molar-refractivity contribution is 0.0686. The molecule has 2 aliphatic rings. The molecule has 184 valence electrons. The Hall–Kier alpha value is -3.10. The number of hydrogen-bond donors (Lipinski definition) is 2. The number of amides is 1. The number of anilines is 1. The number of rotatable bonds is 6. The molecule has 1 aliphatic heterocycles. The molecule has 3 aromatic rings. The summed E-state index contributed by atoms with van der Waals surface area (Å²) in [6.07, 6.45) is 4.08. The van der Waals surface area contributed by atoms with Gasteiger partial charge in [-0.15, -0.1) is 11.3 Å². The van der Waals surface area contributed by atoms with Gasteiger partial charge >= 0.3 is 6.09 Å². The first-order chi connectivity index (χ1) is 16.9. The minimum atomic E-state index is -0.258. The minimum absolute atomic E-state index is 0.0497. The summed E-state index contributed by atoms with van der Waals surface area (Å²) in [4.78, 5) is 20.2. The SMILES string of the molecule is CNc1cc(-c2ncc(-c3cccc4c3CCC4OC(=O)N3CC[C@H](N)C3)s2)ccc1OC(C)C. The van der Waals surface area contributed by atoms with E-state index in [1.54, 1.807) is 16.2 Å². The number of thiazole rings is 1. The van der Waals surface area contributed by atoms with Gasteiger partial charge in [0.25, 0.3) is 0 Å². The normalized spacial score (nSPS) is 19.2. The van der Waals surface area contributed by atoms with Crippen molar-refractivity contribution in [1.29, 1.82) is 0 Å². The van der Waals surface area contributed by atoms with Crippen molar-refractivity contribution in [3.8, 4) is 26.8 Å². The molecule has 35 heavy (non-hydrogen) atoms. The number of nitrogens with two attached hydrogens (primary N) is 1. The van der Waals surface area contributed by atoms with Crippen LogP contribution in [-0.2, 0) is 11.2 Å². The number of carbonyl (C=O) groups excluding carboxylic acids is 1. The fourth-order valence-electron chi connectivity index (χ4n) is 4.87. The molecule has 5 rings (SSSR count). The number of hydrogen-bond acceptors (Lipinski definition) is 7. The molecule has 2 atom stereocenters. The summed E-state index contributed by atoms with van der Waals surface area (Å²) in [6.45, 7) is 5.28. The average molecular weight is 493 g/mol. The lowest BCUT2D eigenvalue weighted by Crippen LogP contribution is -2.32. The van der Waals surface area contributed by atoms with Crippen molar-refractivity contribution in [2.45, 2.75) is 51.4 Å². The molecule has 1 fully saturated rings. The smallest absolute Gasteiger partial charge is 0.410 e. The second-order valence-electron chi connectivity index (χ2n) is 9.44. The van der Waals surface area contributed by atoms with E-state index in [2.05, 4.69) is 29.6 Å². The highest BCUT2D eigenvalue weighted by Gasteiger charge is 2.32. The van der Waals surface area contributed by atoms with Crippen molar-refractivity contribution in [3.05, 3.63) is 53.7 Å².